The number of rotatable bonds is 4. The Kier molecular flexibility index (Phi) is 4.33. The Morgan fingerprint density at radius 3 is 3.17 bits per heavy atom. The van der Waals surface area contributed by atoms with Gasteiger partial charge in [-0.1, -0.05) is 6.08 Å². The Balaban J connectivity index is 2.30. The SMILES string of the molecule is C=CCCC1CNCCC1OC. The minimum Gasteiger partial charge on any atom is -0.381 e. The number of ether oxygens (including phenoxy) is 1. The molecule has 0 saturated carbocycles. The summed E-state index contributed by atoms with van der Waals surface area (Å²) in [6, 6.07) is 0. The van der Waals surface area contributed by atoms with Crippen LogP contribution in [0.2, 0.25) is 0 Å². The van der Waals surface area contributed by atoms with Gasteiger partial charge in [-0.3, -0.25) is 0 Å². The van der Waals surface area contributed by atoms with E-state index in [2.05, 4.69) is 11.9 Å². The fourth-order valence-electron chi connectivity index (χ4n) is 1.83. The van der Waals surface area contributed by atoms with Gasteiger partial charge in [0.2, 0.25) is 0 Å². The first-order chi connectivity index (χ1) is 5.88. The first-order valence-corrected chi connectivity index (χ1v) is 4.73. The minimum absolute atomic E-state index is 0.464. The standard InChI is InChI=1S/C10H19NO/c1-3-4-5-9-8-11-7-6-10(9)12-2/h3,9-11H,1,4-8H2,2H3. The monoisotopic (exact) mass is 169 g/mol. The summed E-state index contributed by atoms with van der Waals surface area (Å²) >= 11 is 0. The second-order valence-corrected chi connectivity index (χ2v) is 3.39. The van der Waals surface area contributed by atoms with Crippen molar-refractivity contribution in [1.29, 1.82) is 0 Å². The van der Waals surface area contributed by atoms with Crippen LogP contribution in [0.3, 0.4) is 0 Å². The normalized spacial score (nSPS) is 30.1. The first-order valence-electron chi connectivity index (χ1n) is 4.73. The molecule has 1 rings (SSSR count). The van der Waals surface area contributed by atoms with E-state index in [-0.39, 0.29) is 0 Å². The zero-order chi connectivity index (χ0) is 8.81. The van der Waals surface area contributed by atoms with Gasteiger partial charge < -0.3 is 10.1 Å². The molecule has 1 saturated heterocycles. The largest absolute Gasteiger partial charge is 0.381 e. The second kappa shape index (κ2) is 5.33. The predicted octanol–water partition coefficient (Wildman–Crippen LogP) is 1.58. The highest BCUT2D eigenvalue weighted by Gasteiger charge is 2.23. The highest BCUT2D eigenvalue weighted by atomic mass is 16.5. The minimum atomic E-state index is 0.464. The van der Waals surface area contributed by atoms with Gasteiger partial charge in [0, 0.05) is 13.7 Å². The summed E-state index contributed by atoms with van der Waals surface area (Å²) in [7, 11) is 1.82. The zero-order valence-corrected chi connectivity index (χ0v) is 7.88. The number of nitrogens with one attached hydrogen (secondary N) is 1. The fourth-order valence-corrected chi connectivity index (χ4v) is 1.83. The third kappa shape index (κ3) is 2.61. The molecule has 1 N–H and O–H groups in total. The topological polar surface area (TPSA) is 21.3 Å². The molecular weight excluding hydrogens is 150 g/mol. The fraction of sp³-hybridized carbons (Fsp3) is 0.800. The van der Waals surface area contributed by atoms with E-state index >= 15 is 0 Å². The van der Waals surface area contributed by atoms with Crippen molar-refractivity contribution in [3.63, 3.8) is 0 Å². The van der Waals surface area contributed by atoms with Crippen LogP contribution < -0.4 is 5.32 Å². The van der Waals surface area contributed by atoms with Crippen molar-refractivity contribution in [3.05, 3.63) is 12.7 Å². The van der Waals surface area contributed by atoms with Crippen LogP contribution in [0.5, 0.6) is 0 Å². The summed E-state index contributed by atoms with van der Waals surface area (Å²) in [5, 5.41) is 3.39. The lowest BCUT2D eigenvalue weighted by molar-refractivity contribution is 0.0281. The van der Waals surface area contributed by atoms with Crippen LogP contribution in [-0.2, 0) is 4.74 Å². The average molecular weight is 169 g/mol. The van der Waals surface area contributed by atoms with Gasteiger partial charge in [0.15, 0.2) is 0 Å². The van der Waals surface area contributed by atoms with Crippen LogP contribution >= 0.6 is 0 Å². The number of methoxy groups -OCH3 is 1. The Labute approximate surface area is 75.0 Å². The maximum absolute atomic E-state index is 5.43. The maximum atomic E-state index is 5.43. The molecule has 0 radical (unpaired) electrons. The lowest BCUT2D eigenvalue weighted by atomic mass is 9.91. The molecule has 1 aliphatic heterocycles. The van der Waals surface area contributed by atoms with E-state index in [1.165, 1.54) is 6.42 Å². The molecule has 1 aliphatic rings. The summed E-state index contributed by atoms with van der Waals surface area (Å²) in [5.41, 5.74) is 0. The van der Waals surface area contributed by atoms with Gasteiger partial charge >= 0.3 is 0 Å². The summed E-state index contributed by atoms with van der Waals surface area (Å²) in [6.45, 7) is 5.94. The third-order valence-corrected chi connectivity index (χ3v) is 2.58. The number of allylic oxidation sites excluding steroid dienone is 1. The Morgan fingerprint density at radius 1 is 1.67 bits per heavy atom. The maximum Gasteiger partial charge on any atom is 0.0623 e. The van der Waals surface area contributed by atoms with Gasteiger partial charge in [-0.05, 0) is 31.7 Å². The van der Waals surface area contributed by atoms with Gasteiger partial charge in [-0.15, -0.1) is 6.58 Å². The number of piperidine rings is 1. The zero-order valence-electron chi connectivity index (χ0n) is 7.88. The molecule has 2 heteroatoms. The van der Waals surface area contributed by atoms with Crippen molar-refractivity contribution in [3.8, 4) is 0 Å². The highest BCUT2D eigenvalue weighted by Crippen LogP contribution is 2.19. The van der Waals surface area contributed by atoms with Crippen molar-refractivity contribution in [2.75, 3.05) is 20.2 Å². The molecule has 0 aromatic rings. The molecule has 0 amide bonds. The Hall–Kier alpha value is -0.340. The number of hydrogen-bond acceptors (Lipinski definition) is 2. The lowest BCUT2D eigenvalue weighted by Crippen LogP contribution is -2.40. The van der Waals surface area contributed by atoms with E-state index in [0.29, 0.717) is 12.0 Å². The van der Waals surface area contributed by atoms with Crippen molar-refractivity contribution in [2.45, 2.75) is 25.4 Å². The van der Waals surface area contributed by atoms with Gasteiger partial charge in [0.25, 0.3) is 0 Å². The molecule has 0 aromatic carbocycles. The van der Waals surface area contributed by atoms with Gasteiger partial charge in [-0.2, -0.15) is 0 Å². The molecular formula is C10H19NO. The number of hydrogen-bond donors (Lipinski definition) is 1. The first kappa shape index (κ1) is 9.75. The van der Waals surface area contributed by atoms with E-state index in [4.69, 9.17) is 4.74 Å². The van der Waals surface area contributed by atoms with Gasteiger partial charge in [0.1, 0.15) is 0 Å². The molecule has 2 unspecified atom stereocenters. The van der Waals surface area contributed by atoms with E-state index < -0.39 is 0 Å². The summed E-state index contributed by atoms with van der Waals surface area (Å²) in [6.07, 6.45) is 5.91. The summed E-state index contributed by atoms with van der Waals surface area (Å²) in [5.74, 6) is 0.682. The second-order valence-electron chi connectivity index (χ2n) is 3.39. The molecule has 1 fully saturated rings. The smallest absolute Gasteiger partial charge is 0.0623 e. The van der Waals surface area contributed by atoms with Crippen molar-refractivity contribution < 1.29 is 4.74 Å². The molecule has 0 aromatic heterocycles. The van der Waals surface area contributed by atoms with Crippen molar-refractivity contribution in [1.82, 2.24) is 5.32 Å². The quantitative estimate of drug-likeness (QED) is 0.645. The third-order valence-electron chi connectivity index (χ3n) is 2.58. The Morgan fingerprint density at radius 2 is 2.50 bits per heavy atom. The molecule has 0 aliphatic carbocycles. The molecule has 1 heterocycles. The highest BCUT2D eigenvalue weighted by molar-refractivity contribution is 4.80. The van der Waals surface area contributed by atoms with Gasteiger partial charge in [-0.25, -0.2) is 0 Å². The Bertz CT molecular complexity index is 136. The van der Waals surface area contributed by atoms with Gasteiger partial charge in [0.05, 0.1) is 6.10 Å². The molecule has 12 heavy (non-hydrogen) atoms. The van der Waals surface area contributed by atoms with E-state index in [0.717, 1.165) is 25.9 Å². The summed E-state index contributed by atoms with van der Waals surface area (Å²) in [4.78, 5) is 0. The van der Waals surface area contributed by atoms with Crippen LogP contribution in [0.1, 0.15) is 19.3 Å². The van der Waals surface area contributed by atoms with Crippen molar-refractivity contribution in [2.24, 2.45) is 5.92 Å². The van der Waals surface area contributed by atoms with Crippen LogP contribution in [0.15, 0.2) is 12.7 Å². The average Bonchev–Trinajstić information content (AvgIpc) is 2.15. The van der Waals surface area contributed by atoms with E-state index in [1.807, 2.05) is 13.2 Å². The predicted molar refractivity (Wildman–Crippen MR) is 51.2 cm³/mol. The van der Waals surface area contributed by atoms with Crippen LogP contribution in [0, 0.1) is 5.92 Å². The van der Waals surface area contributed by atoms with Crippen LogP contribution in [0.4, 0.5) is 0 Å². The lowest BCUT2D eigenvalue weighted by Gasteiger charge is -2.30. The van der Waals surface area contributed by atoms with Crippen molar-refractivity contribution >= 4 is 0 Å². The molecule has 70 valence electrons. The van der Waals surface area contributed by atoms with Crippen LogP contribution in [0.25, 0.3) is 0 Å². The molecule has 2 nitrogen and oxygen atoms in total. The van der Waals surface area contributed by atoms with E-state index in [9.17, 15) is 0 Å². The summed E-state index contributed by atoms with van der Waals surface area (Å²) < 4.78 is 5.43. The van der Waals surface area contributed by atoms with Crippen LogP contribution in [-0.4, -0.2) is 26.3 Å². The molecule has 2 atom stereocenters. The molecule has 0 spiro atoms. The van der Waals surface area contributed by atoms with E-state index in [1.54, 1.807) is 0 Å². The molecule has 0 bridgehead atoms.